The van der Waals surface area contributed by atoms with Gasteiger partial charge in [0.05, 0.1) is 11.1 Å². The standard InChI is InChI=1S/C15H19F2N3OSi/c1-8-12(16)13(17)10-6-11(20-14(10)18-8)15(21)19-9-4-5-22(2,3)7-9/h6,9H,4-5,7H2,1-3H3,(H,18,20)(H,19,21)/t9-/m1/s1. The molecule has 1 saturated heterocycles. The fourth-order valence-corrected chi connectivity index (χ4v) is 6.11. The number of pyridine rings is 1. The predicted molar refractivity (Wildman–Crippen MR) is 83.7 cm³/mol. The maximum atomic E-state index is 13.9. The van der Waals surface area contributed by atoms with Crippen LogP contribution >= 0.6 is 0 Å². The number of carbonyl (C=O) groups excluding carboxylic acids is 1. The molecule has 0 unspecified atom stereocenters. The third-order valence-electron chi connectivity index (χ3n) is 4.37. The number of nitrogens with one attached hydrogen (secondary N) is 2. The normalized spacial score (nSPS) is 20.5. The number of aryl methyl sites for hydroxylation is 1. The molecule has 2 N–H and O–H groups in total. The molecule has 2 aromatic heterocycles. The van der Waals surface area contributed by atoms with Gasteiger partial charge in [-0.15, -0.1) is 0 Å². The van der Waals surface area contributed by atoms with Gasteiger partial charge in [-0.1, -0.05) is 19.1 Å². The number of hydrogen-bond acceptors (Lipinski definition) is 2. The van der Waals surface area contributed by atoms with Crippen LogP contribution in [0.1, 0.15) is 22.6 Å². The molecule has 1 fully saturated rings. The number of carbonyl (C=O) groups is 1. The Hall–Kier alpha value is -1.76. The molecular formula is C15H19F2N3OSi. The minimum Gasteiger partial charge on any atom is -0.348 e. The molecular weight excluding hydrogens is 304 g/mol. The number of rotatable bonds is 2. The van der Waals surface area contributed by atoms with Crippen molar-refractivity contribution in [2.75, 3.05) is 0 Å². The molecule has 118 valence electrons. The molecule has 1 aliphatic rings. The molecule has 3 heterocycles. The number of aromatic amines is 1. The zero-order valence-corrected chi connectivity index (χ0v) is 13.9. The summed E-state index contributed by atoms with van der Waals surface area (Å²) >= 11 is 0. The average molecular weight is 323 g/mol. The molecule has 2 aromatic rings. The highest BCUT2D eigenvalue weighted by Gasteiger charge is 2.33. The molecule has 1 aliphatic heterocycles. The minimum atomic E-state index is -1.17. The molecule has 3 rings (SSSR count). The number of nitrogens with zero attached hydrogens (tertiary/aromatic N) is 1. The number of hydrogen-bond donors (Lipinski definition) is 2. The van der Waals surface area contributed by atoms with Crippen LogP contribution in [0.3, 0.4) is 0 Å². The van der Waals surface area contributed by atoms with Gasteiger partial charge in [-0.3, -0.25) is 4.79 Å². The topological polar surface area (TPSA) is 57.8 Å². The Kier molecular flexibility index (Phi) is 3.55. The van der Waals surface area contributed by atoms with E-state index in [0.717, 1.165) is 12.5 Å². The Morgan fingerprint density at radius 1 is 1.41 bits per heavy atom. The van der Waals surface area contributed by atoms with Gasteiger partial charge in [-0.25, -0.2) is 13.8 Å². The van der Waals surface area contributed by atoms with Crippen LogP contribution in [-0.2, 0) is 0 Å². The second kappa shape index (κ2) is 5.15. The molecule has 0 bridgehead atoms. The van der Waals surface area contributed by atoms with Crippen molar-refractivity contribution in [3.05, 3.63) is 29.1 Å². The molecule has 4 nitrogen and oxygen atoms in total. The van der Waals surface area contributed by atoms with E-state index in [0.29, 0.717) is 0 Å². The van der Waals surface area contributed by atoms with E-state index in [9.17, 15) is 13.6 Å². The zero-order valence-electron chi connectivity index (χ0n) is 12.9. The molecule has 0 aliphatic carbocycles. The summed E-state index contributed by atoms with van der Waals surface area (Å²) in [5.74, 6) is -2.22. The maximum absolute atomic E-state index is 13.9. The van der Waals surface area contributed by atoms with Gasteiger partial charge in [-0.2, -0.15) is 0 Å². The first-order valence-corrected chi connectivity index (χ1v) is 10.8. The van der Waals surface area contributed by atoms with Crippen molar-refractivity contribution in [3.8, 4) is 0 Å². The summed E-state index contributed by atoms with van der Waals surface area (Å²) in [6.45, 7) is 6.02. The third kappa shape index (κ3) is 2.65. The van der Waals surface area contributed by atoms with E-state index >= 15 is 0 Å². The largest absolute Gasteiger partial charge is 0.348 e. The molecule has 0 aromatic carbocycles. The number of halogens is 2. The number of H-pyrrole nitrogens is 1. The van der Waals surface area contributed by atoms with Crippen molar-refractivity contribution in [2.45, 2.75) is 44.6 Å². The van der Waals surface area contributed by atoms with Crippen molar-refractivity contribution < 1.29 is 13.6 Å². The predicted octanol–water partition coefficient (Wildman–Crippen LogP) is 3.36. The Morgan fingerprint density at radius 3 is 2.77 bits per heavy atom. The average Bonchev–Trinajstić information content (AvgIpc) is 3.00. The van der Waals surface area contributed by atoms with Crippen molar-refractivity contribution >= 4 is 25.0 Å². The lowest BCUT2D eigenvalue weighted by Gasteiger charge is -2.15. The van der Waals surface area contributed by atoms with Crippen LogP contribution in [0.4, 0.5) is 8.78 Å². The zero-order chi connectivity index (χ0) is 16.1. The van der Waals surface area contributed by atoms with E-state index in [4.69, 9.17) is 0 Å². The van der Waals surface area contributed by atoms with Crippen LogP contribution in [0.5, 0.6) is 0 Å². The van der Waals surface area contributed by atoms with Gasteiger partial charge in [-0.05, 0) is 25.5 Å². The highest BCUT2D eigenvalue weighted by Crippen LogP contribution is 2.30. The molecule has 7 heteroatoms. The molecule has 0 saturated carbocycles. The van der Waals surface area contributed by atoms with Crippen LogP contribution in [0, 0.1) is 18.6 Å². The Labute approximate surface area is 128 Å². The minimum absolute atomic E-state index is 0.00868. The van der Waals surface area contributed by atoms with Crippen molar-refractivity contribution in [3.63, 3.8) is 0 Å². The van der Waals surface area contributed by atoms with Crippen LogP contribution < -0.4 is 5.32 Å². The summed E-state index contributed by atoms with van der Waals surface area (Å²) in [4.78, 5) is 19.0. The lowest BCUT2D eigenvalue weighted by atomic mass is 10.2. The van der Waals surface area contributed by atoms with Crippen LogP contribution in [0.2, 0.25) is 25.2 Å². The number of aromatic nitrogens is 2. The Balaban J connectivity index is 1.84. The summed E-state index contributed by atoms with van der Waals surface area (Å²) in [6, 6.07) is 3.76. The van der Waals surface area contributed by atoms with E-state index in [-0.39, 0.29) is 34.4 Å². The van der Waals surface area contributed by atoms with E-state index in [1.54, 1.807) is 0 Å². The van der Waals surface area contributed by atoms with E-state index in [1.165, 1.54) is 19.0 Å². The van der Waals surface area contributed by atoms with Gasteiger partial charge >= 0.3 is 0 Å². The highest BCUT2D eigenvalue weighted by atomic mass is 28.3. The summed E-state index contributed by atoms with van der Waals surface area (Å²) in [5, 5.41) is 2.99. The first kappa shape index (κ1) is 15.1. The van der Waals surface area contributed by atoms with Gasteiger partial charge in [0.15, 0.2) is 11.6 Å². The fourth-order valence-electron chi connectivity index (χ4n) is 3.14. The van der Waals surface area contributed by atoms with Crippen molar-refractivity contribution in [1.82, 2.24) is 15.3 Å². The fraction of sp³-hybridized carbons (Fsp3) is 0.467. The monoisotopic (exact) mass is 323 g/mol. The Morgan fingerprint density at radius 2 is 2.14 bits per heavy atom. The molecule has 1 atom stereocenters. The maximum Gasteiger partial charge on any atom is 0.267 e. The summed E-state index contributed by atoms with van der Waals surface area (Å²) in [7, 11) is -1.17. The van der Waals surface area contributed by atoms with Crippen molar-refractivity contribution in [1.29, 1.82) is 0 Å². The van der Waals surface area contributed by atoms with Gasteiger partial charge in [0, 0.05) is 14.1 Å². The molecule has 0 radical (unpaired) electrons. The number of fused-ring (bicyclic) bond motifs is 1. The first-order chi connectivity index (χ1) is 10.3. The SMILES string of the molecule is Cc1nc2[nH]c(C(=O)N[C@@H]3CC[Si](C)(C)C3)cc2c(F)c1F. The van der Waals surface area contributed by atoms with Crippen LogP contribution in [0.15, 0.2) is 6.07 Å². The molecule has 22 heavy (non-hydrogen) atoms. The summed E-state index contributed by atoms with van der Waals surface area (Å²) in [5.41, 5.74) is 0.391. The van der Waals surface area contributed by atoms with Crippen LogP contribution in [-0.4, -0.2) is 30.0 Å². The lowest BCUT2D eigenvalue weighted by Crippen LogP contribution is -2.34. The quantitative estimate of drug-likeness (QED) is 0.833. The lowest BCUT2D eigenvalue weighted by molar-refractivity contribution is 0.0936. The van der Waals surface area contributed by atoms with E-state index < -0.39 is 19.7 Å². The second-order valence-corrected chi connectivity index (χ2v) is 12.1. The summed E-state index contributed by atoms with van der Waals surface area (Å²) < 4.78 is 27.4. The van der Waals surface area contributed by atoms with E-state index in [2.05, 4.69) is 28.4 Å². The van der Waals surface area contributed by atoms with Gasteiger partial charge in [0.25, 0.3) is 5.91 Å². The molecule has 0 spiro atoms. The number of amides is 1. The second-order valence-electron chi connectivity index (χ2n) is 6.85. The Bertz CT molecular complexity index is 757. The van der Waals surface area contributed by atoms with E-state index in [1.807, 2.05) is 0 Å². The highest BCUT2D eigenvalue weighted by molar-refractivity contribution is 6.78. The first-order valence-electron chi connectivity index (χ1n) is 7.42. The smallest absolute Gasteiger partial charge is 0.267 e. The van der Waals surface area contributed by atoms with Gasteiger partial charge in [0.2, 0.25) is 0 Å². The van der Waals surface area contributed by atoms with Crippen LogP contribution in [0.25, 0.3) is 11.0 Å². The molecule has 1 amide bonds. The summed E-state index contributed by atoms with van der Waals surface area (Å²) in [6.07, 6.45) is 0.992. The van der Waals surface area contributed by atoms with Crippen molar-refractivity contribution in [2.24, 2.45) is 0 Å². The third-order valence-corrected chi connectivity index (χ3v) is 7.61. The van der Waals surface area contributed by atoms with Gasteiger partial charge < -0.3 is 10.3 Å². The van der Waals surface area contributed by atoms with Gasteiger partial charge in [0.1, 0.15) is 11.3 Å².